The van der Waals surface area contributed by atoms with Crippen LogP contribution in [0.2, 0.25) is 0 Å². The molecule has 4 nitrogen and oxygen atoms in total. The Hall–Kier alpha value is -0.360. The molecule has 14 heavy (non-hydrogen) atoms. The molecule has 0 fully saturated rings. The molecule has 82 valence electrons. The predicted molar refractivity (Wildman–Crippen MR) is 61.1 cm³/mol. The average molecular weight is 237 g/mol. The molecule has 0 saturated carbocycles. The van der Waals surface area contributed by atoms with Gasteiger partial charge in [0.05, 0.1) is 5.41 Å². The standard InChI is InChI=1S/C8H15NO3S2/c1-8(2,4-14)7(12)9-5(3-13)6(10)11/h5,13-14H,3-4H2,1-2H3,(H,9,12)(H,10,11)/t5-/m0/s1. The number of hydrogen-bond acceptors (Lipinski definition) is 4. The lowest BCUT2D eigenvalue weighted by Gasteiger charge is -2.23. The maximum atomic E-state index is 11.5. The van der Waals surface area contributed by atoms with Gasteiger partial charge in [0.2, 0.25) is 5.91 Å². The number of carboxylic acid groups (broad SMARTS) is 1. The van der Waals surface area contributed by atoms with E-state index in [1.807, 2.05) is 0 Å². The first-order chi connectivity index (χ1) is 6.35. The molecule has 0 aromatic carbocycles. The van der Waals surface area contributed by atoms with Crippen LogP contribution >= 0.6 is 25.3 Å². The van der Waals surface area contributed by atoms with Gasteiger partial charge in [0.1, 0.15) is 6.04 Å². The Morgan fingerprint density at radius 1 is 1.43 bits per heavy atom. The Balaban J connectivity index is 4.37. The van der Waals surface area contributed by atoms with Gasteiger partial charge in [-0.25, -0.2) is 4.79 Å². The van der Waals surface area contributed by atoms with Crippen molar-refractivity contribution < 1.29 is 14.7 Å². The first-order valence-corrected chi connectivity index (χ1v) is 5.37. The third-order valence-electron chi connectivity index (χ3n) is 1.80. The van der Waals surface area contributed by atoms with Gasteiger partial charge in [0.25, 0.3) is 0 Å². The van der Waals surface area contributed by atoms with E-state index in [9.17, 15) is 9.59 Å². The highest BCUT2D eigenvalue weighted by Crippen LogP contribution is 2.16. The van der Waals surface area contributed by atoms with E-state index in [0.717, 1.165) is 0 Å². The predicted octanol–water partition coefficient (Wildman–Crippen LogP) is 0.442. The zero-order chi connectivity index (χ0) is 11.4. The molecule has 0 radical (unpaired) electrons. The van der Waals surface area contributed by atoms with Crippen molar-refractivity contribution in [3.8, 4) is 0 Å². The largest absolute Gasteiger partial charge is 0.480 e. The Kier molecular flexibility index (Phi) is 5.36. The van der Waals surface area contributed by atoms with E-state index in [2.05, 4.69) is 30.6 Å². The molecule has 0 aliphatic carbocycles. The van der Waals surface area contributed by atoms with Crippen LogP contribution in [0.1, 0.15) is 13.8 Å². The second kappa shape index (κ2) is 5.50. The van der Waals surface area contributed by atoms with E-state index in [0.29, 0.717) is 5.75 Å². The lowest BCUT2D eigenvalue weighted by atomic mass is 9.95. The molecule has 0 bridgehead atoms. The minimum atomic E-state index is -1.08. The molecule has 2 N–H and O–H groups in total. The summed E-state index contributed by atoms with van der Waals surface area (Å²) in [6.07, 6.45) is 0. The van der Waals surface area contributed by atoms with E-state index in [4.69, 9.17) is 5.11 Å². The van der Waals surface area contributed by atoms with E-state index in [1.165, 1.54) is 0 Å². The average Bonchev–Trinajstić information content (AvgIpc) is 2.12. The van der Waals surface area contributed by atoms with Gasteiger partial charge in [-0.05, 0) is 0 Å². The molecule has 0 aromatic rings. The van der Waals surface area contributed by atoms with Crippen LogP contribution in [-0.4, -0.2) is 34.5 Å². The number of carboxylic acids is 1. The number of aliphatic carboxylic acids is 1. The minimum Gasteiger partial charge on any atom is -0.480 e. The first kappa shape index (κ1) is 13.6. The van der Waals surface area contributed by atoms with Crippen molar-refractivity contribution in [3.63, 3.8) is 0 Å². The highest BCUT2D eigenvalue weighted by atomic mass is 32.1. The van der Waals surface area contributed by atoms with Crippen LogP contribution in [0.3, 0.4) is 0 Å². The maximum Gasteiger partial charge on any atom is 0.327 e. The van der Waals surface area contributed by atoms with Crippen molar-refractivity contribution in [3.05, 3.63) is 0 Å². The molecule has 0 spiro atoms. The molecule has 6 heteroatoms. The van der Waals surface area contributed by atoms with Gasteiger partial charge in [-0.15, -0.1) is 0 Å². The van der Waals surface area contributed by atoms with Gasteiger partial charge in [-0.3, -0.25) is 4.79 Å². The van der Waals surface area contributed by atoms with Gasteiger partial charge in [0.15, 0.2) is 0 Å². The van der Waals surface area contributed by atoms with E-state index < -0.39 is 17.4 Å². The van der Waals surface area contributed by atoms with Crippen LogP contribution in [0.5, 0.6) is 0 Å². The Labute approximate surface area is 94.3 Å². The van der Waals surface area contributed by atoms with Crippen molar-refractivity contribution in [2.24, 2.45) is 5.41 Å². The minimum absolute atomic E-state index is 0.0731. The summed E-state index contributed by atoms with van der Waals surface area (Å²) in [5.74, 6) is -0.973. The molecule has 0 aliphatic rings. The van der Waals surface area contributed by atoms with Gasteiger partial charge in [-0.1, -0.05) is 13.8 Å². The highest BCUT2D eigenvalue weighted by molar-refractivity contribution is 7.80. The van der Waals surface area contributed by atoms with Crippen LogP contribution in [0.25, 0.3) is 0 Å². The summed E-state index contributed by atoms with van der Waals surface area (Å²) in [4.78, 5) is 22.1. The topological polar surface area (TPSA) is 66.4 Å². The Bertz CT molecular complexity index is 231. The molecular formula is C8H15NO3S2. The summed E-state index contributed by atoms with van der Waals surface area (Å²) < 4.78 is 0. The van der Waals surface area contributed by atoms with Gasteiger partial charge in [-0.2, -0.15) is 25.3 Å². The van der Waals surface area contributed by atoms with Crippen molar-refractivity contribution in [1.82, 2.24) is 5.32 Å². The summed E-state index contributed by atoms with van der Waals surface area (Å²) in [5, 5.41) is 11.1. The molecule has 0 aromatic heterocycles. The van der Waals surface area contributed by atoms with E-state index in [-0.39, 0.29) is 11.7 Å². The number of amides is 1. The second-order valence-corrected chi connectivity index (χ2v) is 4.27. The van der Waals surface area contributed by atoms with Crippen LogP contribution in [0, 0.1) is 5.41 Å². The smallest absolute Gasteiger partial charge is 0.327 e. The molecule has 0 unspecified atom stereocenters. The third-order valence-corrected chi connectivity index (χ3v) is 2.95. The zero-order valence-electron chi connectivity index (χ0n) is 8.15. The monoisotopic (exact) mass is 237 g/mol. The van der Waals surface area contributed by atoms with Gasteiger partial charge in [0, 0.05) is 11.5 Å². The van der Waals surface area contributed by atoms with Crippen molar-refractivity contribution in [2.75, 3.05) is 11.5 Å². The zero-order valence-corrected chi connectivity index (χ0v) is 9.94. The number of hydrogen-bond donors (Lipinski definition) is 4. The number of carbonyl (C=O) groups excluding carboxylic acids is 1. The maximum absolute atomic E-state index is 11.5. The lowest BCUT2D eigenvalue weighted by Crippen LogP contribution is -2.48. The van der Waals surface area contributed by atoms with Crippen LogP contribution < -0.4 is 5.32 Å². The summed E-state index contributed by atoms with van der Waals surface area (Å²) in [7, 11) is 0. The second-order valence-electron chi connectivity index (χ2n) is 3.59. The summed E-state index contributed by atoms with van der Waals surface area (Å²) in [6, 6.07) is -0.940. The first-order valence-electron chi connectivity index (χ1n) is 4.10. The van der Waals surface area contributed by atoms with E-state index in [1.54, 1.807) is 13.8 Å². The fourth-order valence-corrected chi connectivity index (χ4v) is 1.00. The summed E-state index contributed by atoms with van der Waals surface area (Å²) in [5.41, 5.74) is -0.667. The molecular weight excluding hydrogens is 222 g/mol. The molecule has 0 heterocycles. The molecule has 0 aliphatic heterocycles. The summed E-state index contributed by atoms with van der Waals surface area (Å²) >= 11 is 7.86. The fraction of sp³-hybridized carbons (Fsp3) is 0.750. The molecule has 0 saturated heterocycles. The third kappa shape index (κ3) is 3.79. The Morgan fingerprint density at radius 2 is 1.93 bits per heavy atom. The molecule has 1 amide bonds. The van der Waals surface area contributed by atoms with Crippen molar-refractivity contribution in [1.29, 1.82) is 0 Å². The van der Waals surface area contributed by atoms with E-state index >= 15 is 0 Å². The SMILES string of the molecule is CC(C)(CS)C(=O)N[C@@H](CS)C(=O)O. The van der Waals surface area contributed by atoms with Crippen LogP contribution in [0.4, 0.5) is 0 Å². The quantitative estimate of drug-likeness (QED) is 0.525. The van der Waals surface area contributed by atoms with Crippen LogP contribution in [-0.2, 0) is 9.59 Å². The van der Waals surface area contributed by atoms with Crippen molar-refractivity contribution in [2.45, 2.75) is 19.9 Å². The highest BCUT2D eigenvalue weighted by Gasteiger charge is 2.29. The van der Waals surface area contributed by atoms with Crippen LogP contribution in [0.15, 0.2) is 0 Å². The van der Waals surface area contributed by atoms with Gasteiger partial charge >= 0.3 is 5.97 Å². The lowest BCUT2D eigenvalue weighted by molar-refractivity contribution is -0.142. The number of rotatable bonds is 5. The number of carbonyl (C=O) groups is 2. The normalized spacial score (nSPS) is 13.4. The fourth-order valence-electron chi connectivity index (χ4n) is 0.611. The number of nitrogens with one attached hydrogen (secondary N) is 1. The number of thiol groups is 2. The summed E-state index contributed by atoms with van der Waals surface area (Å²) in [6.45, 7) is 3.40. The Morgan fingerprint density at radius 3 is 2.21 bits per heavy atom. The molecule has 1 atom stereocenters. The van der Waals surface area contributed by atoms with Gasteiger partial charge < -0.3 is 10.4 Å². The van der Waals surface area contributed by atoms with Crippen molar-refractivity contribution >= 4 is 37.1 Å². The molecule has 0 rings (SSSR count).